The van der Waals surface area contributed by atoms with Crippen molar-refractivity contribution >= 4 is 11.8 Å². The minimum absolute atomic E-state index is 0.151. The molecule has 0 atom stereocenters. The second kappa shape index (κ2) is 3.45. The second-order valence-electron chi connectivity index (χ2n) is 4.49. The molecular formula is C11H15NO3. The van der Waals surface area contributed by atoms with Crippen LogP contribution >= 0.6 is 0 Å². The van der Waals surface area contributed by atoms with Crippen LogP contribution in [0.5, 0.6) is 0 Å². The first kappa shape index (κ1) is 10.4. The van der Waals surface area contributed by atoms with Gasteiger partial charge in [-0.25, -0.2) is 0 Å². The van der Waals surface area contributed by atoms with Crippen LogP contribution in [0.15, 0.2) is 11.6 Å². The molecule has 0 bridgehead atoms. The number of imide groups is 1. The molecule has 0 radical (unpaired) electrons. The van der Waals surface area contributed by atoms with E-state index in [-0.39, 0.29) is 18.4 Å². The van der Waals surface area contributed by atoms with Gasteiger partial charge in [0.2, 0.25) is 0 Å². The highest BCUT2D eigenvalue weighted by molar-refractivity contribution is 6.15. The van der Waals surface area contributed by atoms with E-state index in [2.05, 4.69) is 0 Å². The third kappa shape index (κ3) is 1.81. The number of hydrogen-bond donors (Lipinski definition) is 1. The summed E-state index contributed by atoms with van der Waals surface area (Å²) in [4.78, 5) is 24.2. The fourth-order valence-corrected chi connectivity index (χ4v) is 2.27. The summed E-state index contributed by atoms with van der Waals surface area (Å²) in [6, 6.07) is 0. The van der Waals surface area contributed by atoms with Crippen LogP contribution in [0.3, 0.4) is 0 Å². The Balaban J connectivity index is 2.07. The van der Waals surface area contributed by atoms with Gasteiger partial charge in [-0.2, -0.15) is 0 Å². The predicted octanol–water partition coefficient (Wildman–Crippen LogP) is 0.607. The summed E-state index contributed by atoms with van der Waals surface area (Å²) in [6.07, 6.45) is 4.64. The van der Waals surface area contributed by atoms with Crippen molar-refractivity contribution in [3.05, 3.63) is 11.6 Å². The fraction of sp³-hybridized carbons (Fsp3) is 0.636. The minimum atomic E-state index is -0.843. The molecule has 2 rings (SSSR count). The average Bonchev–Trinajstić information content (AvgIpc) is 2.68. The Morgan fingerprint density at radius 1 is 1.40 bits per heavy atom. The third-order valence-electron chi connectivity index (χ3n) is 3.18. The Kier molecular flexibility index (Phi) is 2.38. The number of β-amino-alcohol motifs (C(OH)–C–C–N with tert-alkyl or cyclic N) is 1. The van der Waals surface area contributed by atoms with Gasteiger partial charge in [0.1, 0.15) is 0 Å². The highest BCUT2D eigenvalue weighted by atomic mass is 16.3. The molecule has 0 spiro atoms. The molecule has 0 aromatic carbocycles. The quantitative estimate of drug-likeness (QED) is 0.678. The monoisotopic (exact) mass is 209 g/mol. The maximum Gasteiger partial charge on any atom is 0.256 e. The molecule has 1 N–H and O–H groups in total. The van der Waals surface area contributed by atoms with Gasteiger partial charge in [0, 0.05) is 11.6 Å². The molecular weight excluding hydrogens is 194 g/mol. The Labute approximate surface area is 88.6 Å². The lowest BCUT2D eigenvalue weighted by Gasteiger charge is -2.27. The summed E-state index contributed by atoms with van der Waals surface area (Å²) < 4.78 is 0. The Morgan fingerprint density at radius 2 is 2.00 bits per heavy atom. The van der Waals surface area contributed by atoms with Crippen LogP contribution < -0.4 is 0 Å². The number of carbonyl (C=O) groups excluding carboxylic acids is 2. The molecule has 1 aliphatic heterocycles. The maximum atomic E-state index is 11.6. The van der Waals surface area contributed by atoms with Crippen molar-refractivity contribution in [1.82, 2.24) is 4.90 Å². The lowest BCUT2D eigenvalue weighted by Crippen LogP contribution is -2.44. The molecule has 1 aliphatic carbocycles. The topological polar surface area (TPSA) is 57.6 Å². The van der Waals surface area contributed by atoms with E-state index in [9.17, 15) is 14.7 Å². The largest absolute Gasteiger partial charge is 0.388 e. The summed E-state index contributed by atoms with van der Waals surface area (Å²) in [6.45, 7) is 1.78. The van der Waals surface area contributed by atoms with Crippen LogP contribution in [0.25, 0.3) is 0 Å². The number of rotatable bonds is 2. The van der Waals surface area contributed by atoms with E-state index in [1.807, 2.05) is 0 Å². The van der Waals surface area contributed by atoms with Crippen LogP contribution in [-0.2, 0) is 9.59 Å². The molecule has 1 saturated carbocycles. The van der Waals surface area contributed by atoms with Crippen molar-refractivity contribution in [2.24, 2.45) is 0 Å². The fourth-order valence-electron chi connectivity index (χ4n) is 2.27. The summed E-state index contributed by atoms with van der Waals surface area (Å²) >= 11 is 0. The standard InChI is InChI=1S/C11H15NO3/c1-8-6-9(13)12(10(8)14)7-11(15)4-2-3-5-11/h6,15H,2-5,7H2,1H3. The van der Waals surface area contributed by atoms with Crippen LogP contribution in [0, 0.1) is 0 Å². The number of hydrogen-bond acceptors (Lipinski definition) is 3. The summed E-state index contributed by atoms with van der Waals surface area (Å²) in [5.41, 5.74) is -0.384. The first-order valence-corrected chi connectivity index (χ1v) is 5.28. The molecule has 0 aromatic heterocycles. The molecule has 82 valence electrons. The van der Waals surface area contributed by atoms with Gasteiger partial charge in [-0.1, -0.05) is 12.8 Å². The van der Waals surface area contributed by atoms with E-state index in [4.69, 9.17) is 0 Å². The third-order valence-corrected chi connectivity index (χ3v) is 3.18. The molecule has 4 nitrogen and oxygen atoms in total. The Morgan fingerprint density at radius 3 is 2.47 bits per heavy atom. The van der Waals surface area contributed by atoms with Gasteiger partial charge in [-0.3, -0.25) is 14.5 Å². The number of nitrogens with zero attached hydrogens (tertiary/aromatic N) is 1. The number of carbonyl (C=O) groups is 2. The Hall–Kier alpha value is -1.16. The van der Waals surface area contributed by atoms with Crippen LogP contribution in [0.2, 0.25) is 0 Å². The van der Waals surface area contributed by atoms with Gasteiger partial charge in [0.05, 0.1) is 12.1 Å². The zero-order valence-electron chi connectivity index (χ0n) is 8.82. The van der Waals surface area contributed by atoms with Crippen molar-refractivity contribution in [3.63, 3.8) is 0 Å². The van der Waals surface area contributed by atoms with Crippen LogP contribution in [0.1, 0.15) is 32.6 Å². The van der Waals surface area contributed by atoms with Crippen molar-refractivity contribution in [1.29, 1.82) is 0 Å². The van der Waals surface area contributed by atoms with E-state index in [1.165, 1.54) is 6.08 Å². The van der Waals surface area contributed by atoms with E-state index in [1.54, 1.807) is 6.92 Å². The van der Waals surface area contributed by atoms with E-state index in [0.717, 1.165) is 17.7 Å². The van der Waals surface area contributed by atoms with Gasteiger partial charge in [-0.15, -0.1) is 0 Å². The molecule has 0 aromatic rings. The van der Waals surface area contributed by atoms with E-state index >= 15 is 0 Å². The summed E-state index contributed by atoms with van der Waals surface area (Å²) in [5.74, 6) is -0.557. The molecule has 2 aliphatic rings. The summed E-state index contributed by atoms with van der Waals surface area (Å²) in [5, 5.41) is 10.1. The molecule has 4 heteroatoms. The first-order chi connectivity index (χ1) is 7.02. The number of amides is 2. The predicted molar refractivity (Wildman–Crippen MR) is 53.9 cm³/mol. The SMILES string of the molecule is CC1=CC(=O)N(CC2(O)CCCC2)C1=O. The first-order valence-electron chi connectivity index (χ1n) is 5.28. The van der Waals surface area contributed by atoms with Crippen LogP contribution in [0.4, 0.5) is 0 Å². The van der Waals surface area contributed by atoms with Crippen molar-refractivity contribution in [2.45, 2.75) is 38.2 Å². The smallest absolute Gasteiger partial charge is 0.256 e. The lowest BCUT2D eigenvalue weighted by molar-refractivity contribution is -0.141. The molecule has 2 amide bonds. The molecule has 0 unspecified atom stereocenters. The lowest BCUT2D eigenvalue weighted by atomic mass is 10.0. The number of aliphatic hydroxyl groups is 1. The van der Waals surface area contributed by atoms with Gasteiger partial charge >= 0.3 is 0 Å². The molecule has 15 heavy (non-hydrogen) atoms. The van der Waals surface area contributed by atoms with E-state index < -0.39 is 5.60 Å². The Bertz CT molecular complexity index is 340. The highest BCUT2D eigenvalue weighted by Gasteiger charge is 2.38. The normalized spacial score (nSPS) is 24.9. The maximum absolute atomic E-state index is 11.6. The molecule has 1 heterocycles. The van der Waals surface area contributed by atoms with Crippen molar-refractivity contribution < 1.29 is 14.7 Å². The zero-order valence-corrected chi connectivity index (χ0v) is 8.82. The van der Waals surface area contributed by atoms with Gasteiger partial charge in [0.15, 0.2) is 0 Å². The zero-order chi connectivity index (χ0) is 11.1. The van der Waals surface area contributed by atoms with Gasteiger partial charge < -0.3 is 5.11 Å². The molecule has 1 fully saturated rings. The summed E-state index contributed by atoms with van der Waals surface area (Å²) in [7, 11) is 0. The van der Waals surface area contributed by atoms with Crippen molar-refractivity contribution in [3.8, 4) is 0 Å². The van der Waals surface area contributed by atoms with Gasteiger partial charge in [0.25, 0.3) is 11.8 Å². The highest BCUT2D eigenvalue weighted by Crippen LogP contribution is 2.31. The van der Waals surface area contributed by atoms with Crippen LogP contribution in [-0.4, -0.2) is 34.0 Å². The van der Waals surface area contributed by atoms with E-state index in [0.29, 0.717) is 18.4 Å². The van der Waals surface area contributed by atoms with Crippen molar-refractivity contribution in [2.75, 3.05) is 6.54 Å². The second-order valence-corrected chi connectivity index (χ2v) is 4.49. The molecule has 0 saturated heterocycles. The average molecular weight is 209 g/mol. The minimum Gasteiger partial charge on any atom is -0.388 e. The van der Waals surface area contributed by atoms with Gasteiger partial charge in [-0.05, 0) is 19.8 Å².